The number of rotatable bonds is 3. The molecule has 1 saturated heterocycles. The molecule has 0 saturated carbocycles. The summed E-state index contributed by atoms with van der Waals surface area (Å²) in [5.74, 6) is 1.50. The van der Waals surface area contributed by atoms with E-state index in [1.807, 2.05) is 30.3 Å². The van der Waals surface area contributed by atoms with Crippen LogP contribution in [0.2, 0.25) is 0 Å². The van der Waals surface area contributed by atoms with Gasteiger partial charge < -0.3 is 5.11 Å². The van der Waals surface area contributed by atoms with Gasteiger partial charge in [0.1, 0.15) is 0 Å². The molecule has 2 heteroatoms. The van der Waals surface area contributed by atoms with E-state index in [1.165, 1.54) is 6.42 Å². The van der Waals surface area contributed by atoms with E-state index < -0.39 is 0 Å². The number of hydrogen-bond acceptors (Lipinski definition) is 2. The molecule has 2 rings (SSSR count). The molecule has 1 aliphatic rings. The molecule has 0 radical (unpaired) electrons. The highest BCUT2D eigenvalue weighted by molar-refractivity contribution is 5.17. The lowest BCUT2D eigenvalue weighted by Crippen LogP contribution is -2.40. The van der Waals surface area contributed by atoms with Crippen molar-refractivity contribution in [2.45, 2.75) is 26.4 Å². The van der Waals surface area contributed by atoms with Crippen molar-refractivity contribution in [2.75, 3.05) is 19.6 Å². The number of aliphatic hydroxyl groups is 1. The Kier molecular flexibility index (Phi) is 4.19. The van der Waals surface area contributed by atoms with Crippen LogP contribution < -0.4 is 0 Å². The Morgan fingerprint density at radius 2 is 1.76 bits per heavy atom. The van der Waals surface area contributed by atoms with Crippen molar-refractivity contribution in [1.29, 1.82) is 0 Å². The summed E-state index contributed by atoms with van der Waals surface area (Å²) in [5.41, 5.74) is 1.03. The third-order valence-electron chi connectivity index (χ3n) is 3.56. The quantitative estimate of drug-likeness (QED) is 0.867. The summed E-state index contributed by atoms with van der Waals surface area (Å²) in [6.07, 6.45) is 0.964. The van der Waals surface area contributed by atoms with Crippen LogP contribution in [0.25, 0.3) is 0 Å². The van der Waals surface area contributed by atoms with Crippen molar-refractivity contribution < 1.29 is 5.11 Å². The zero-order chi connectivity index (χ0) is 12.3. The molecule has 2 nitrogen and oxygen atoms in total. The van der Waals surface area contributed by atoms with Gasteiger partial charge in [0.25, 0.3) is 0 Å². The van der Waals surface area contributed by atoms with Gasteiger partial charge in [-0.2, -0.15) is 0 Å². The van der Waals surface area contributed by atoms with Crippen molar-refractivity contribution in [3.63, 3.8) is 0 Å². The smallest absolute Gasteiger partial charge is 0.0916 e. The molecule has 94 valence electrons. The summed E-state index contributed by atoms with van der Waals surface area (Å²) in [7, 11) is 0. The lowest BCUT2D eigenvalue weighted by atomic mass is 9.91. The Labute approximate surface area is 104 Å². The molecular formula is C15H23NO. The summed E-state index contributed by atoms with van der Waals surface area (Å²) in [5, 5.41) is 10.2. The molecule has 1 N–H and O–H groups in total. The molecule has 1 aromatic carbocycles. The van der Waals surface area contributed by atoms with Gasteiger partial charge in [0.05, 0.1) is 6.10 Å². The average molecular weight is 233 g/mol. The zero-order valence-corrected chi connectivity index (χ0v) is 10.8. The summed E-state index contributed by atoms with van der Waals surface area (Å²) in [6.45, 7) is 7.61. The van der Waals surface area contributed by atoms with Crippen molar-refractivity contribution >= 4 is 0 Å². The number of benzene rings is 1. The third-order valence-corrected chi connectivity index (χ3v) is 3.56. The van der Waals surface area contributed by atoms with Crippen LogP contribution in [-0.2, 0) is 0 Å². The van der Waals surface area contributed by atoms with Gasteiger partial charge in [-0.15, -0.1) is 0 Å². The van der Waals surface area contributed by atoms with Crippen LogP contribution in [0.1, 0.15) is 31.9 Å². The first-order valence-electron chi connectivity index (χ1n) is 6.60. The average Bonchev–Trinajstić information content (AvgIpc) is 2.28. The molecule has 1 fully saturated rings. The molecule has 0 amide bonds. The fourth-order valence-electron chi connectivity index (χ4n) is 2.97. The number of hydrogen-bond donors (Lipinski definition) is 1. The maximum absolute atomic E-state index is 10.2. The highest BCUT2D eigenvalue weighted by atomic mass is 16.3. The number of piperidine rings is 1. The van der Waals surface area contributed by atoms with E-state index in [1.54, 1.807) is 0 Å². The SMILES string of the molecule is C[C@@H]1C[C@@H](C)CN(C[C@H](O)c2ccccc2)C1. The maximum Gasteiger partial charge on any atom is 0.0916 e. The molecule has 0 spiro atoms. The Balaban J connectivity index is 1.92. The van der Waals surface area contributed by atoms with Gasteiger partial charge in [-0.3, -0.25) is 4.90 Å². The summed E-state index contributed by atoms with van der Waals surface area (Å²) < 4.78 is 0. The first-order valence-corrected chi connectivity index (χ1v) is 6.60. The van der Waals surface area contributed by atoms with E-state index in [-0.39, 0.29) is 6.10 Å². The van der Waals surface area contributed by atoms with Crippen LogP contribution in [-0.4, -0.2) is 29.6 Å². The second-order valence-corrected chi connectivity index (χ2v) is 5.59. The molecule has 1 aromatic rings. The number of β-amino-alcohol motifs (C(OH)–C–C–N with tert-alkyl or cyclic N) is 1. The number of aliphatic hydroxyl groups excluding tert-OH is 1. The van der Waals surface area contributed by atoms with Gasteiger partial charge in [0.2, 0.25) is 0 Å². The Morgan fingerprint density at radius 3 is 2.35 bits per heavy atom. The second-order valence-electron chi connectivity index (χ2n) is 5.59. The largest absolute Gasteiger partial charge is 0.387 e. The highest BCUT2D eigenvalue weighted by Crippen LogP contribution is 2.23. The van der Waals surface area contributed by atoms with Crippen LogP contribution in [0, 0.1) is 11.8 Å². The molecule has 1 heterocycles. The topological polar surface area (TPSA) is 23.5 Å². The van der Waals surface area contributed by atoms with E-state index in [4.69, 9.17) is 0 Å². The molecular weight excluding hydrogens is 210 g/mol. The normalized spacial score (nSPS) is 27.9. The molecule has 0 aliphatic carbocycles. The van der Waals surface area contributed by atoms with Crippen molar-refractivity contribution in [3.8, 4) is 0 Å². The minimum atomic E-state index is -0.353. The zero-order valence-electron chi connectivity index (χ0n) is 10.8. The standard InChI is InChI=1S/C15H23NO/c1-12-8-13(2)10-16(9-12)11-15(17)14-6-4-3-5-7-14/h3-7,12-13,15,17H,8-11H2,1-2H3/t12-,13-,15+/m1/s1. The molecule has 17 heavy (non-hydrogen) atoms. The Hall–Kier alpha value is -0.860. The van der Waals surface area contributed by atoms with E-state index in [0.29, 0.717) is 0 Å². The van der Waals surface area contributed by atoms with Gasteiger partial charge in [-0.25, -0.2) is 0 Å². The summed E-state index contributed by atoms with van der Waals surface area (Å²) >= 11 is 0. The number of likely N-dealkylation sites (tertiary alicyclic amines) is 1. The van der Waals surface area contributed by atoms with Gasteiger partial charge in [0.15, 0.2) is 0 Å². The van der Waals surface area contributed by atoms with E-state index in [2.05, 4.69) is 18.7 Å². The van der Waals surface area contributed by atoms with E-state index in [9.17, 15) is 5.11 Å². The lowest BCUT2D eigenvalue weighted by Gasteiger charge is -2.36. The van der Waals surface area contributed by atoms with E-state index in [0.717, 1.165) is 37.0 Å². The number of nitrogens with zero attached hydrogens (tertiary/aromatic N) is 1. The molecule has 0 aromatic heterocycles. The van der Waals surface area contributed by atoms with Gasteiger partial charge in [-0.1, -0.05) is 44.2 Å². The lowest BCUT2D eigenvalue weighted by molar-refractivity contribution is 0.0699. The van der Waals surface area contributed by atoms with Crippen molar-refractivity contribution in [1.82, 2.24) is 4.90 Å². The predicted octanol–water partition coefficient (Wildman–Crippen LogP) is 2.70. The third kappa shape index (κ3) is 3.55. The summed E-state index contributed by atoms with van der Waals surface area (Å²) in [6, 6.07) is 9.96. The maximum atomic E-state index is 10.2. The molecule has 3 atom stereocenters. The van der Waals surface area contributed by atoms with E-state index >= 15 is 0 Å². The predicted molar refractivity (Wildman–Crippen MR) is 70.8 cm³/mol. The minimum Gasteiger partial charge on any atom is -0.387 e. The van der Waals surface area contributed by atoms with Gasteiger partial charge in [0, 0.05) is 19.6 Å². The fourth-order valence-corrected chi connectivity index (χ4v) is 2.97. The first-order chi connectivity index (χ1) is 8.15. The van der Waals surface area contributed by atoms with Crippen molar-refractivity contribution in [3.05, 3.63) is 35.9 Å². The monoisotopic (exact) mass is 233 g/mol. The van der Waals surface area contributed by atoms with Crippen LogP contribution in [0.4, 0.5) is 0 Å². The van der Waals surface area contributed by atoms with Crippen LogP contribution in [0.5, 0.6) is 0 Å². The van der Waals surface area contributed by atoms with Crippen molar-refractivity contribution in [2.24, 2.45) is 11.8 Å². The highest BCUT2D eigenvalue weighted by Gasteiger charge is 2.23. The minimum absolute atomic E-state index is 0.353. The Bertz CT molecular complexity index is 328. The van der Waals surface area contributed by atoms with Gasteiger partial charge >= 0.3 is 0 Å². The molecule has 1 aliphatic heterocycles. The van der Waals surface area contributed by atoms with Crippen LogP contribution in [0.15, 0.2) is 30.3 Å². The fraction of sp³-hybridized carbons (Fsp3) is 0.600. The first kappa shape index (κ1) is 12.6. The Morgan fingerprint density at radius 1 is 1.18 bits per heavy atom. The molecule has 0 unspecified atom stereocenters. The van der Waals surface area contributed by atoms with Crippen LogP contribution >= 0.6 is 0 Å². The van der Waals surface area contributed by atoms with Gasteiger partial charge in [-0.05, 0) is 23.8 Å². The summed E-state index contributed by atoms with van der Waals surface area (Å²) in [4.78, 5) is 2.40. The molecule has 0 bridgehead atoms. The second kappa shape index (κ2) is 5.65. The van der Waals surface area contributed by atoms with Crippen LogP contribution in [0.3, 0.4) is 0 Å².